The van der Waals surface area contributed by atoms with Gasteiger partial charge in [-0.05, 0) is 60.5 Å². The summed E-state index contributed by atoms with van der Waals surface area (Å²) in [5.41, 5.74) is 2.30. The summed E-state index contributed by atoms with van der Waals surface area (Å²) in [6.45, 7) is 10.4. The molecular formula is C24H32N6O. The first kappa shape index (κ1) is 21.3. The number of benzene rings is 2. The standard InChI is InChI=1S/C24H32N6O/c1-5-24(2,3)30-23(25-26-27-30)22(19-11-13-21(31-4)14-12-19)29-17-15-28(16-18-29)20-9-7-6-8-10-20/h6-14,22H,5,15-18H2,1-4H3. The highest BCUT2D eigenvalue weighted by Gasteiger charge is 2.34. The summed E-state index contributed by atoms with van der Waals surface area (Å²) in [7, 11) is 1.69. The van der Waals surface area contributed by atoms with Crippen LogP contribution in [0.5, 0.6) is 5.75 Å². The fourth-order valence-electron chi connectivity index (χ4n) is 4.13. The maximum atomic E-state index is 5.38. The molecule has 0 radical (unpaired) electrons. The zero-order chi connectivity index (χ0) is 21.8. The first-order chi connectivity index (χ1) is 15.0. The molecule has 0 aliphatic carbocycles. The van der Waals surface area contributed by atoms with E-state index in [1.807, 2.05) is 16.8 Å². The van der Waals surface area contributed by atoms with Crippen molar-refractivity contribution < 1.29 is 4.74 Å². The number of piperazine rings is 1. The molecule has 0 N–H and O–H groups in total. The minimum Gasteiger partial charge on any atom is -0.497 e. The van der Waals surface area contributed by atoms with Gasteiger partial charge in [0.2, 0.25) is 0 Å². The number of aromatic nitrogens is 4. The van der Waals surface area contributed by atoms with Gasteiger partial charge >= 0.3 is 0 Å². The predicted octanol–water partition coefficient (Wildman–Crippen LogP) is 3.74. The summed E-state index contributed by atoms with van der Waals surface area (Å²) in [4.78, 5) is 4.94. The predicted molar refractivity (Wildman–Crippen MR) is 122 cm³/mol. The first-order valence-corrected chi connectivity index (χ1v) is 11.0. The second-order valence-corrected chi connectivity index (χ2v) is 8.65. The third-order valence-electron chi connectivity index (χ3n) is 6.41. The molecule has 1 atom stereocenters. The van der Waals surface area contributed by atoms with Crippen LogP contribution in [0, 0.1) is 0 Å². The molecule has 0 spiro atoms. The Balaban J connectivity index is 1.65. The normalized spacial score (nSPS) is 16.3. The van der Waals surface area contributed by atoms with Crippen molar-refractivity contribution in [3.63, 3.8) is 0 Å². The molecule has 3 aromatic rings. The summed E-state index contributed by atoms with van der Waals surface area (Å²) < 4.78 is 7.38. The van der Waals surface area contributed by atoms with Crippen molar-refractivity contribution >= 4 is 5.69 Å². The molecule has 2 heterocycles. The number of nitrogens with zero attached hydrogens (tertiary/aromatic N) is 6. The monoisotopic (exact) mass is 420 g/mol. The molecule has 1 fully saturated rings. The van der Waals surface area contributed by atoms with Crippen LogP contribution in [0.1, 0.15) is 44.6 Å². The van der Waals surface area contributed by atoms with E-state index in [1.54, 1.807) is 7.11 Å². The molecule has 0 bridgehead atoms. The van der Waals surface area contributed by atoms with Crippen molar-refractivity contribution in [1.29, 1.82) is 0 Å². The summed E-state index contributed by atoms with van der Waals surface area (Å²) in [5.74, 6) is 1.75. The van der Waals surface area contributed by atoms with Crippen molar-refractivity contribution in [3.8, 4) is 5.75 Å². The number of rotatable bonds is 7. The van der Waals surface area contributed by atoms with Gasteiger partial charge in [-0.3, -0.25) is 4.90 Å². The number of ether oxygens (including phenoxy) is 1. The Morgan fingerprint density at radius 3 is 2.26 bits per heavy atom. The average molecular weight is 421 g/mol. The molecule has 0 amide bonds. The zero-order valence-corrected chi connectivity index (χ0v) is 18.9. The van der Waals surface area contributed by atoms with E-state index in [0.29, 0.717) is 0 Å². The minimum atomic E-state index is -0.157. The highest BCUT2D eigenvalue weighted by molar-refractivity contribution is 5.46. The Kier molecular flexibility index (Phi) is 6.23. The van der Waals surface area contributed by atoms with Gasteiger partial charge in [-0.1, -0.05) is 37.3 Å². The van der Waals surface area contributed by atoms with E-state index in [4.69, 9.17) is 4.74 Å². The molecule has 1 aliphatic rings. The minimum absolute atomic E-state index is 0.00958. The highest BCUT2D eigenvalue weighted by Crippen LogP contribution is 2.32. The Bertz CT molecular complexity index is 961. The summed E-state index contributed by atoms with van der Waals surface area (Å²) in [6, 6.07) is 18.9. The smallest absolute Gasteiger partial charge is 0.173 e. The molecule has 164 valence electrons. The van der Waals surface area contributed by atoms with Crippen LogP contribution in [0.3, 0.4) is 0 Å². The molecule has 1 aromatic heterocycles. The lowest BCUT2D eigenvalue weighted by Crippen LogP contribution is -2.48. The van der Waals surface area contributed by atoms with Gasteiger partial charge in [0.1, 0.15) is 5.75 Å². The number of anilines is 1. The zero-order valence-electron chi connectivity index (χ0n) is 18.9. The van der Waals surface area contributed by atoms with E-state index in [2.05, 4.69) is 88.6 Å². The van der Waals surface area contributed by atoms with Crippen LogP contribution in [0.4, 0.5) is 5.69 Å². The van der Waals surface area contributed by atoms with Crippen LogP contribution in [0.25, 0.3) is 0 Å². The molecular weight excluding hydrogens is 388 g/mol. The maximum absolute atomic E-state index is 5.38. The topological polar surface area (TPSA) is 59.3 Å². The van der Waals surface area contributed by atoms with E-state index in [-0.39, 0.29) is 11.6 Å². The van der Waals surface area contributed by atoms with Crippen molar-refractivity contribution in [2.75, 3.05) is 38.2 Å². The lowest BCUT2D eigenvalue weighted by atomic mass is 9.99. The van der Waals surface area contributed by atoms with Gasteiger partial charge in [0, 0.05) is 31.9 Å². The van der Waals surface area contributed by atoms with Crippen LogP contribution < -0.4 is 9.64 Å². The number of para-hydroxylation sites is 1. The fourth-order valence-corrected chi connectivity index (χ4v) is 4.13. The third kappa shape index (κ3) is 4.42. The summed E-state index contributed by atoms with van der Waals surface area (Å²) in [5, 5.41) is 13.0. The SMILES string of the molecule is CCC(C)(C)n1nnnc1C(c1ccc(OC)cc1)N1CCN(c2ccccc2)CC1. The Morgan fingerprint density at radius 1 is 0.968 bits per heavy atom. The second kappa shape index (κ2) is 9.06. The molecule has 1 aliphatic heterocycles. The van der Waals surface area contributed by atoms with Crippen molar-refractivity contribution in [1.82, 2.24) is 25.1 Å². The molecule has 1 saturated heterocycles. The van der Waals surface area contributed by atoms with Crippen LogP contribution >= 0.6 is 0 Å². The Labute approximate surface area is 184 Å². The summed E-state index contributed by atoms with van der Waals surface area (Å²) >= 11 is 0. The second-order valence-electron chi connectivity index (χ2n) is 8.65. The van der Waals surface area contributed by atoms with Gasteiger partial charge < -0.3 is 9.64 Å². The average Bonchev–Trinajstić information content (AvgIpc) is 3.31. The highest BCUT2D eigenvalue weighted by atomic mass is 16.5. The fraction of sp³-hybridized carbons (Fsp3) is 0.458. The molecule has 7 heteroatoms. The van der Waals surface area contributed by atoms with E-state index >= 15 is 0 Å². The van der Waals surface area contributed by atoms with Gasteiger partial charge in [0.15, 0.2) is 5.82 Å². The number of hydrogen-bond acceptors (Lipinski definition) is 6. The van der Waals surface area contributed by atoms with Crippen LogP contribution in [-0.2, 0) is 5.54 Å². The van der Waals surface area contributed by atoms with Gasteiger partial charge in [-0.15, -0.1) is 5.10 Å². The van der Waals surface area contributed by atoms with Gasteiger partial charge in [0.05, 0.1) is 18.7 Å². The Morgan fingerprint density at radius 2 is 1.65 bits per heavy atom. The van der Waals surface area contributed by atoms with E-state index in [1.165, 1.54) is 11.3 Å². The third-order valence-corrected chi connectivity index (χ3v) is 6.41. The lowest BCUT2D eigenvalue weighted by Gasteiger charge is -2.40. The number of methoxy groups -OCH3 is 1. The molecule has 7 nitrogen and oxygen atoms in total. The molecule has 2 aromatic carbocycles. The number of tetrazole rings is 1. The van der Waals surface area contributed by atoms with E-state index in [0.717, 1.165) is 44.2 Å². The summed E-state index contributed by atoms with van der Waals surface area (Å²) in [6.07, 6.45) is 0.947. The Hall–Kier alpha value is -2.93. The van der Waals surface area contributed by atoms with E-state index in [9.17, 15) is 0 Å². The van der Waals surface area contributed by atoms with Crippen LogP contribution in [-0.4, -0.2) is 58.4 Å². The quantitative estimate of drug-likeness (QED) is 0.580. The van der Waals surface area contributed by atoms with Crippen LogP contribution in [0.2, 0.25) is 0 Å². The largest absolute Gasteiger partial charge is 0.497 e. The van der Waals surface area contributed by atoms with Gasteiger partial charge in [-0.2, -0.15) is 0 Å². The van der Waals surface area contributed by atoms with E-state index < -0.39 is 0 Å². The lowest BCUT2D eigenvalue weighted by molar-refractivity contribution is 0.187. The van der Waals surface area contributed by atoms with Crippen molar-refractivity contribution in [3.05, 3.63) is 66.0 Å². The molecule has 1 unspecified atom stereocenters. The van der Waals surface area contributed by atoms with Crippen molar-refractivity contribution in [2.24, 2.45) is 0 Å². The van der Waals surface area contributed by atoms with Crippen LogP contribution in [0.15, 0.2) is 54.6 Å². The van der Waals surface area contributed by atoms with Gasteiger partial charge in [0.25, 0.3) is 0 Å². The van der Waals surface area contributed by atoms with Crippen molar-refractivity contribution in [2.45, 2.75) is 38.8 Å². The molecule has 0 saturated carbocycles. The molecule has 31 heavy (non-hydrogen) atoms. The number of hydrogen-bond donors (Lipinski definition) is 0. The van der Waals surface area contributed by atoms with Gasteiger partial charge in [-0.25, -0.2) is 4.68 Å². The first-order valence-electron chi connectivity index (χ1n) is 11.0. The molecule has 4 rings (SSSR count). The maximum Gasteiger partial charge on any atom is 0.173 e.